The fourth-order valence-corrected chi connectivity index (χ4v) is 2.09. The first-order valence-corrected chi connectivity index (χ1v) is 5.48. The number of piperidine rings is 1. The first-order chi connectivity index (χ1) is 6.45. The molecule has 0 amide bonds. The SMILES string of the molecule is C1CC(COC2CCNC2)CCN1. The van der Waals surface area contributed by atoms with E-state index < -0.39 is 0 Å². The standard InChI is InChI=1S/C10H20N2O/c1-4-11-5-2-9(1)8-13-10-3-6-12-7-10/h9-12H,1-8H2. The lowest BCUT2D eigenvalue weighted by molar-refractivity contribution is 0.0338. The molecule has 76 valence electrons. The number of hydrogen-bond donors (Lipinski definition) is 2. The number of hydrogen-bond acceptors (Lipinski definition) is 3. The van der Waals surface area contributed by atoms with Gasteiger partial charge < -0.3 is 15.4 Å². The molecule has 2 N–H and O–H groups in total. The van der Waals surface area contributed by atoms with E-state index in [1.165, 1.54) is 32.4 Å². The maximum atomic E-state index is 5.85. The number of rotatable bonds is 3. The van der Waals surface area contributed by atoms with E-state index in [0.29, 0.717) is 6.10 Å². The van der Waals surface area contributed by atoms with Crippen LogP contribution in [-0.4, -0.2) is 38.9 Å². The van der Waals surface area contributed by atoms with Crippen LogP contribution in [-0.2, 0) is 4.74 Å². The first kappa shape index (κ1) is 9.44. The summed E-state index contributed by atoms with van der Waals surface area (Å²) in [6.07, 6.45) is 4.28. The molecule has 0 aromatic rings. The second-order valence-corrected chi connectivity index (χ2v) is 4.14. The van der Waals surface area contributed by atoms with Crippen LogP contribution in [0.5, 0.6) is 0 Å². The van der Waals surface area contributed by atoms with Gasteiger partial charge in [-0.05, 0) is 44.8 Å². The minimum absolute atomic E-state index is 0.495. The van der Waals surface area contributed by atoms with Gasteiger partial charge in [0.1, 0.15) is 0 Å². The van der Waals surface area contributed by atoms with Gasteiger partial charge in [-0.1, -0.05) is 0 Å². The van der Waals surface area contributed by atoms with Crippen molar-refractivity contribution in [3.8, 4) is 0 Å². The lowest BCUT2D eigenvalue weighted by atomic mass is 9.99. The van der Waals surface area contributed by atoms with Crippen molar-refractivity contribution >= 4 is 0 Å². The van der Waals surface area contributed by atoms with Crippen molar-refractivity contribution in [1.82, 2.24) is 10.6 Å². The topological polar surface area (TPSA) is 33.3 Å². The summed E-state index contributed by atoms with van der Waals surface area (Å²) in [4.78, 5) is 0. The summed E-state index contributed by atoms with van der Waals surface area (Å²) in [5.41, 5.74) is 0. The summed E-state index contributed by atoms with van der Waals surface area (Å²) < 4.78 is 5.85. The van der Waals surface area contributed by atoms with Gasteiger partial charge in [-0.2, -0.15) is 0 Å². The van der Waals surface area contributed by atoms with Crippen LogP contribution >= 0.6 is 0 Å². The molecule has 13 heavy (non-hydrogen) atoms. The maximum Gasteiger partial charge on any atom is 0.0711 e. The van der Waals surface area contributed by atoms with Crippen molar-refractivity contribution in [2.75, 3.05) is 32.8 Å². The Balaban J connectivity index is 1.60. The van der Waals surface area contributed by atoms with Crippen molar-refractivity contribution in [1.29, 1.82) is 0 Å². The molecule has 2 aliphatic rings. The van der Waals surface area contributed by atoms with E-state index in [-0.39, 0.29) is 0 Å². The third kappa shape index (κ3) is 2.93. The van der Waals surface area contributed by atoms with Crippen LogP contribution in [0, 0.1) is 5.92 Å². The molecule has 1 unspecified atom stereocenters. The van der Waals surface area contributed by atoms with Gasteiger partial charge in [0.05, 0.1) is 6.10 Å². The molecule has 3 nitrogen and oxygen atoms in total. The van der Waals surface area contributed by atoms with Crippen molar-refractivity contribution in [2.45, 2.75) is 25.4 Å². The minimum atomic E-state index is 0.495. The van der Waals surface area contributed by atoms with Crippen molar-refractivity contribution in [3.05, 3.63) is 0 Å². The average Bonchev–Trinajstić information content (AvgIpc) is 2.69. The first-order valence-electron chi connectivity index (χ1n) is 5.48. The van der Waals surface area contributed by atoms with E-state index >= 15 is 0 Å². The fraction of sp³-hybridized carbons (Fsp3) is 1.00. The lowest BCUT2D eigenvalue weighted by Crippen LogP contribution is -2.31. The smallest absolute Gasteiger partial charge is 0.0711 e. The van der Waals surface area contributed by atoms with Crippen molar-refractivity contribution in [3.63, 3.8) is 0 Å². The highest BCUT2D eigenvalue weighted by molar-refractivity contribution is 4.73. The van der Waals surface area contributed by atoms with Crippen LogP contribution in [0.4, 0.5) is 0 Å². The van der Waals surface area contributed by atoms with E-state index in [2.05, 4.69) is 10.6 Å². The molecule has 2 rings (SSSR count). The zero-order valence-electron chi connectivity index (χ0n) is 8.22. The molecular weight excluding hydrogens is 164 g/mol. The van der Waals surface area contributed by atoms with E-state index in [1.54, 1.807) is 0 Å². The van der Waals surface area contributed by atoms with E-state index in [9.17, 15) is 0 Å². The van der Waals surface area contributed by atoms with Gasteiger partial charge in [-0.3, -0.25) is 0 Å². The Bertz CT molecular complexity index is 140. The molecule has 3 heteroatoms. The molecule has 0 spiro atoms. The summed E-state index contributed by atoms with van der Waals surface area (Å²) in [6, 6.07) is 0. The van der Waals surface area contributed by atoms with E-state index in [4.69, 9.17) is 4.74 Å². The highest BCUT2D eigenvalue weighted by Gasteiger charge is 2.18. The van der Waals surface area contributed by atoms with Crippen molar-refractivity contribution < 1.29 is 4.74 Å². The third-order valence-corrected chi connectivity index (χ3v) is 3.04. The van der Waals surface area contributed by atoms with Crippen LogP contribution in [0.3, 0.4) is 0 Å². The lowest BCUT2D eigenvalue weighted by Gasteiger charge is -2.23. The molecule has 2 aliphatic heterocycles. The fourth-order valence-electron chi connectivity index (χ4n) is 2.09. The quantitative estimate of drug-likeness (QED) is 0.664. The van der Waals surface area contributed by atoms with E-state index in [0.717, 1.165) is 25.6 Å². The predicted molar refractivity (Wildman–Crippen MR) is 52.8 cm³/mol. The van der Waals surface area contributed by atoms with Gasteiger partial charge >= 0.3 is 0 Å². The molecule has 0 aromatic carbocycles. The molecule has 1 atom stereocenters. The Kier molecular flexibility index (Phi) is 3.58. The van der Waals surface area contributed by atoms with Gasteiger partial charge in [0.15, 0.2) is 0 Å². The highest BCUT2D eigenvalue weighted by Crippen LogP contribution is 2.14. The van der Waals surface area contributed by atoms with Crippen LogP contribution in [0.1, 0.15) is 19.3 Å². The van der Waals surface area contributed by atoms with Crippen LogP contribution in [0.2, 0.25) is 0 Å². The average molecular weight is 184 g/mol. The molecule has 2 saturated heterocycles. The van der Waals surface area contributed by atoms with Crippen molar-refractivity contribution in [2.24, 2.45) is 5.92 Å². The maximum absolute atomic E-state index is 5.85. The van der Waals surface area contributed by atoms with Crippen LogP contribution in [0.15, 0.2) is 0 Å². The zero-order chi connectivity index (χ0) is 8.93. The zero-order valence-corrected chi connectivity index (χ0v) is 8.22. The van der Waals surface area contributed by atoms with Gasteiger partial charge in [0.25, 0.3) is 0 Å². The molecule has 0 radical (unpaired) electrons. The molecule has 0 aromatic heterocycles. The predicted octanol–water partition coefficient (Wildman–Crippen LogP) is 0.364. The Labute approximate surface area is 80.2 Å². The summed E-state index contributed by atoms with van der Waals surface area (Å²) in [5, 5.41) is 6.70. The third-order valence-electron chi connectivity index (χ3n) is 3.04. The molecule has 0 bridgehead atoms. The molecule has 2 heterocycles. The van der Waals surface area contributed by atoms with E-state index in [1.807, 2.05) is 0 Å². The van der Waals surface area contributed by atoms with Crippen LogP contribution < -0.4 is 10.6 Å². The monoisotopic (exact) mass is 184 g/mol. The molecular formula is C10H20N2O. The molecule has 2 fully saturated rings. The Morgan fingerprint density at radius 1 is 1.00 bits per heavy atom. The summed E-state index contributed by atoms with van der Waals surface area (Å²) >= 11 is 0. The van der Waals surface area contributed by atoms with Gasteiger partial charge in [0, 0.05) is 13.2 Å². The summed E-state index contributed by atoms with van der Waals surface area (Å²) in [7, 11) is 0. The van der Waals surface area contributed by atoms with Gasteiger partial charge in [-0.25, -0.2) is 0 Å². The molecule has 0 saturated carbocycles. The summed E-state index contributed by atoms with van der Waals surface area (Å²) in [6.45, 7) is 5.53. The van der Waals surface area contributed by atoms with Crippen LogP contribution in [0.25, 0.3) is 0 Å². The number of nitrogens with one attached hydrogen (secondary N) is 2. The second-order valence-electron chi connectivity index (χ2n) is 4.14. The Morgan fingerprint density at radius 2 is 1.77 bits per heavy atom. The minimum Gasteiger partial charge on any atom is -0.377 e. The van der Waals surface area contributed by atoms with Gasteiger partial charge in [-0.15, -0.1) is 0 Å². The number of ether oxygens (including phenoxy) is 1. The highest BCUT2D eigenvalue weighted by atomic mass is 16.5. The molecule has 0 aliphatic carbocycles. The Morgan fingerprint density at radius 3 is 2.46 bits per heavy atom. The second kappa shape index (κ2) is 4.94. The Hall–Kier alpha value is -0.120. The van der Waals surface area contributed by atoms with Gasteiger partial charge in [0.2, 0.25) is 0 Å². The largest absolute Gasteiger partial charge is 0.377 e. The normalized spacial score (nSPS) is 30.9. The summed E-state index contributed by atoms with van der Waals surface area (Å²) in [5.74, 6) is 0.807.